The van der Waals surface area contributed by atoms with Gasteiger partial charge < -0.3 is 10.2 Å². The Bertz CT molecular complexity index is 1200. The highest BCUT2D eigenvalue weighted by atomic mass is 19.1. The van der Waals surface area contributed by atoms with Crippen molar-refractivity contribution in [2.24, 2.45) is 0 Å². The highest BCUT2D eigenvalue weighted by molar-refractivity contribution is 6.51. The van der Waals surface area contributed by atoms with Gasteiger partial charge in [-0.15, -0.1) is 0 Å². The highest BCUT2D eigenvalue weighted by Crippen LogP contribution is 2.42. The number of aromatic hydroxyl groups is 1. The van der Waals surface area contributed by atoms with Crippen LogP contribution < -0.4 is 4.90 Å². The van der Waals surface area contributed by atoms with Crippen LogP contribution in [0.5, 0.6) is 5.75 Å². The minimum absolute atomic E-state index is 0.0329. The molecule has 3 aromatic rings. The second kappa shape index (κ2) is 8.30. The van der Waals surface area contributed by atoms with Crippen LogP contribution in [-0.2, 0) is 9.59 Å². The van der Waals surface area contributed by atoms with Gasteiger partial charge in [-0.2, -0.15) is 0 Å². The summed E-state index contributed by atoms with van der Waals surface area (Å²) in [4.78, 5) is 27.5. The number of aliphatic hydroxyl groups is 1. The van der Waals surface area contributed by atoms with Crippen molar-refractivity contribution in [1.82, 2.24) is 0 Å². The number of aliphatic hydroxyl groups excluding tert-OH is 1. The molecule has 1 fully saturated rings. The monoisotopic (exact) mass is 431 g/mol. The Hall–Kier alpha value is -3.93. The zero-order valence-electron chi connectivity index (χ0n) is 17.6. The molecule has 5 nitrogen and oxygen atoms in total. The number of hydrogen-bond donors (Lipinski definition) is 2. The summed E-state index contributed by atoms with van der Waals surface area (Å²) in [7, 11) is 0. The minimum Gasteiger partial charge on any atom is -0.508 e. The van der Waals surface area contributed by atoms with E-state index in [1.54, 1.807) is 24.3 Å². The number of ketones is 1. The number of carbonyl (C=O) groups is 2. The first-order chi connectivity index (χ1) is 15.3. The number of phenolic OH excluding ortho intramolecular Hbond substituents is 1. The van der Waals surface area contributed by atoms with Crippen LogP contribution in [0.2, 0.25) is 0 Å². The molecule has 0 radical (unpaired) electrons. The Balaban J connectivity index is 1.90. The lowest BCUT2D eigenvalue weighted by atomic mass is 9.95. The van der Waals surface area contributed by atoms with Crippen LogP contribution >= 0.6 is 0 Å². The number of anilines is 1. The molecule has 1 aliphatic rings. The van der Waals surface area contributed by atoms with E-state index in [0.717, 1.165) is 5.56 Å². The Labute approximate surface area is 185 Å². The Morgan fingerprint density at radius 2 is 1.50 bits per heavy atom. The van der Waals surface area contributed by atoms with Gasteiger partial charge in [0.2, 0.25) is 0 Å². The van der Waals surface area contributed by atoms with E-state index < -0.39 is 23.5 Å². The quantitative estimate of drug-likeness (QED) is 0.335. The van der Waals surface area contributed by atoms with E-state index in [9.17, 15) is 24.2 Å². The fourth-order valence-electron chi connectivity index (χ4n) is 3.85. The molecule has 0 saturated carbocycles. The second-order valence-corrected chi connectivity index (χ2v) is 8.01. The van der Waals surface area contributed by atoms with Gasteiger partial charge in [-0.25, -0.2) is 4.39 Å². The highest BCUT2D eigenvalue weighted by Gasteiger charge is 2.46. The van der Waals surface area contributed by atoms with Crippen LogP contribution in [0.1, 0.15) is 42.5 Å². The number of benzene rings is 3. The van der Waals surface area contributed by atoms with Crippen molar-refractivity contribution in [3.63, 3.8) is 0 Å². The maximum Gasteiger partial charge on any atom is 0.300 e. The number of halogens is 1. The molecule has 1 aliphatic heterocycles. The third kappa shape index (κ3) is 3.75. The molecule has 2 N–H and O–H groups in total. The number of carbonyl (C=O) groups excluding carboxylic acids is 2. The lowest BCUT2D eigenvalue weighted by Gasteiger charge is -2.26. The average molecular weight is 431 g/mol. The van der Waals surface area contributed by atoms with Gasteiger partial charge in [0.1, 0.15) is 17.3 Å². The van der Waals surface area contributed by atoms with E-state index >= 15 is 0 Å². The molecule has 1 saturated heterocycles. The van der Waals surface area contributed by atoms with Crippen LogP contribution in [0.15, 0.2) is 78.4 Å². The van der Waals surface area contributed by atoms with Gasteiger partial charge in [0, 0.05) is 11.3 Å². The van der Waals surface area contributed by atoms with E-state index in [1.165, 1.54) is 41.3 Å². The van der Waals surface area contributed by atoms with E-state index in [0.29, 0.717) is 17.2 Å². The summed E-state index contributed by atoms with van der Waals surface area (Å²) in [5.74, 6) is -2.15. The van der Waals surface area contributed by atoms with Crippen molar-refractivity contribution >= 4 is 23.1 Å². The SMILES string of the molecule is CC(C)c1ccc(N2C(=O)C(=O)/C(=C(/O)c3ccc(F)cc3)C2c2ccc(O)cc2)cc1. The zero-order chi connectivity index (χ0) is 23.0. The summed E-state index contributed by atoms with van der Waals surface area (Å²) in [5, 5.41) is 20.7. The van der Waals surface area contributed by atoms with Crippen molar-refractivity contribution < 1.29 is 24.2 Å². The molecule has 3 aromatic carbocycles. The van der Waals surface area contributed by atoms with Crippen LogP contribution in [0.25, 0.3) is 5.76 Å². The Kier molecular flexibility index (Phi) is 5.53. The van der Waals surface area contributed by atoms with E-state index in [2.05, 4.69) is 13.8 Å². The lowest BCUT2D eigenvalue weighted by molar-refractivity contribution is -0.132. The predicted molar refractivity (Wildman–Crippen MR) is 120 cm³/mol. The molecule has 0 aliphatic carbocycles. The van der Waals surface area contributed by atoms with Crippen LogP contribution in [0.3, 0.4) is 0 Å². The van der Waals surface area contributed by atoms with Gasteiger partial charge in [0.25, 0.3) is 11.7 Å². The average Bonchev–Trinajstić information content (AvgIpc) is 3.05. The second-order valence-electron chi connectivity index (χ2n) is 8.01. The van der Waals surface area contributed by atoms with Crippen molar-refractivity contribution in [1.29, 1.82) is 0 Å². The third-order valence-electron chi connectivity index (χ3n) is 5.61. The van der Waals surface area contributed by atoms with Gasteiger partial charge >= 0.3 is 0 Å². The number of rotatable bonds is 4. The summed E-state index contributed by atoms with van der Waals surface area (Å²) in [5.41, 5.74) is 2.26. The molecule has 0 bridgehead atoms. The van der Waals surface area contributed by atoms with Crippen molar-refractivity contribution in [2.45, 2.75) is 25.8 Å². The van der Waals surface area contributed by atoms with E-state index in [-0.39, 0.29) is 22.6 Å². The molecule has 0 aromatic heterocycles. The van der Waals surface area contributed by atoms with Gasteiger partial charge in [0.15, 0.2) is 0 Å². The number of amides is 1. The van der Waals surface area contributed by atoms with E-state index in [1.807, 2.05) is 12.1 Å². The summed E-state index contributed by atoms with van der Waals surface area (Å²) in [6.07, 6.45) is 0. The summed E-state index contributed by atoms with van der Waals surface area (Å²) in [6.45, 7) is 4.11. The third-order valence-corrected chi connectivity index (χ3v) is 5.61. The molecule has 0 spiro atoms. The van der Waals surface area contributed by atoms with Crippen molar-refractivity contribution in [2.75, 3.05) is 4.90 Å². The zero-order valence-corrected chi connectivity index (χ0v) is 17.6. The maximum absolute atomic E-state index is 13.4. The largest absolute Gasteiger partial charge is 0.508 e. The van der Waals surface area contributed by atoms with E-state index in [4.69, 9.17) is 0 Å². The number of hydrogen-bond acceptors (Lipinski definition) is 4. The Morgan fingerprint density at radius 1 is 0.906 bits per heavy atom. The molecule has 32 heavy (non-hydrogen) atoms. The minimum atomic E-state index is -0.912. The maximum atomic E-state index is 13.4. The molecule has 6 heteroatoms. The summed E-state index contributed by atoms with van der Waals surface area (Å²) < 4.78 is 13.4. The first kappa shape index (κ1) is 21.3. The van der Waals surface area contributed by atoms with Crippen LogP contribution in [0, 0.1) is 5.82 Å². The normalized spacial score (nSPS) is 17.9. The molecule has 1 heterocycles. The molecular weight excluding hydrogens is 409 g/mol. The molecule has 4 rings (SSSR count). The summed E-state index contributed by atoms with van der Waals surface area (Å²) >= 11 is 0. The Morgan fingerprint density at radius 3 is 2.06 bits per heavy atom. The van der Waals surface area contributed by atoms with Crippen LogP contribution in [-0.4, -0.2) is 21.9 Å². The first-order valence-corrected chi connectivity index (χ1v) is 10.2. The van der Waals surface area contributed by atoms with Crippen molar-refractivity contribution in [3.05, 3.63) is 101 Å². The van der Waals surface area contributed by atoms with Gasteiger partial charge in [-0.1, -0.05) is 38.1 Å². The van der Waals surface area contributed by atoms with Gasteiger partial charge in [-0.3, -0.25) is 14.5 Å². The molecule has 1 unspecified atom stereocenters. The lowest BCUT2D eigenvalue weighted by Crippen LogP contribution is -2.29. The molecular formula is C26H22FNO4. The number of Topliss-reactive ketones (excluding diaryl/α,β-unsaturated/α-hetero) is 1. The van der Waals surface area contributed by atoms with Gasteiger partial charge in [0.05, 0.1) is 11.6 Å². The number of nitrogens with zero attached hydrogens (tertiary/aromatic N) is 1. The predicted octanol–water partition coefficient (Wildman–Crippen LogP) is 5.28. The molecule has 1 amide bonds. The summed E-state index contributed by atoms with van der Waals surface area (Å²) in [6, 6.07) is 17.6. The smallest absolute Gasteiger partial charge is 0.300 e. The van der Waals surface area contributed by atoms with Crippen LogP contribution in [0.4, 0.5) is 10.1 Å². The molecule has 162 valence electrons. The number of phenols is 1. The first-order valence-electron chi connectivity index (χ1n) is 10.2. The molecule has 1 atom stereocenters. The standard InChI is InChI=1S/C26H22FNO4/c1-15(2)16-5-11-20(12-6-16)28-23(17-7-13-21(29)14-8-17)22(25(31)26(28)32)24(30)18-3-9-19(27)10-4-18/h3-15,23,29-30H,1-2H3/b24-22+. The van der Waals surface area contributed by atoms with Gasteiger partial charge in [-0.05, 0) is 65.6 Å². The fourth-order valence-corrected chi connectivity index (χ4v) is 3.85. The van der Waals surface area contributed by atoms with Crippen molar-refractivity contribution in [3.8, 4) is 5.75 Å². The topological polar surface area (TPSA) is 77.8 Å². The fraction of sp³-hybridized carbons (Fsp3) is 0.154.